The minimum atomic E-state index is -0.0886. The largest absolute Gasteiger partial charge is 0.493 e. The van der Waals surface area contributed by atoms with Crippen LogP contribution in [0.15, 0.2) is 57.7 Å². The lowest BCUT2D eigenvalue weighted by Crippen LogP contribution is -2.06. The number of hydrogen-bond donors (Lipinski definition) is 0. The molecule has 0 fully saturated rings. The van der Waals surface area contributed by atoms with Crippen LogP contribution in [0.3, 0.4) is 0 Å². The number of unbranched alkanes of at least 4 members (excludes halogenated alkanes) is 14. The average molecular weight is 535 g/mol. The molecule has 0 unspecified atom stereocenters. The molecular weight excluding hydrogens is 484 g/mol. The molecule has 3 aromatic rings. The van der Waals surface area contributed by atoms with Crippen LogP contribution in [0.5, 0.6) is 11.5 Å². The van der Waals surface area contributed by atoms with Gasteiger partial charge >= 0.3 is 0 Å². The standard InChI is InChI=1S/C35H50O4/c1-3-5-7-9-11-12-13-14-16-20-24-37-30-26-33(38-25-21-15-10-8-6-4-2)35-31(36)28-32(39-34(35)27-30)29-22-18-17-19-23-29/h17-19,22-23,26-28H,3-16,20-21,24-25H2,1-2H3. The first kappa shape index (κ1) is 30.8. The smallest absolute Gasteiger partial charge is 0.197 e. The number of fused-ring (bicyclic) bond motifs is 1. The van der Waals surface area contributed by atoms with E-state index in [1.54, 1.807) is 6.07 Å². The third-order valence-corrected chi connectivity index (χ3v) is 7.35. The molecule has 0 radical (unpaired) electrons. The molecule has 0 aliphatic carbocycles. The predicted molar refractivity (Wildman–Crippen MR) is 164 cm³/mol. The maximum absolute atomic E-state index is 13.2. The highest BCUT2D eigenvalue weighted by atomic mass is 16.5. The van der Waals surface area contributed by atoms with Crippen molar-refractivity contribution >= 4 is 11.0 Å². The van der Waals surface area contributed by atoms with Crippen LogP contribution in [0.2, 0.25) is 0 Å². The van der Waals surface area contributed by atoms with Crippen LogP contribution in [0.4, 0.5) is 0 Å². The van der Waals surface area contributed by atoms with E-state index in [0.29, 0.717) is 41.4 Å². The molecule has 1 aromatic heterocycles. The Hall–Kier alpha value is -2.75. The molecule has 2 aromatic carbocycles. The molecule has 39 heavy (non-hydrogen) atoms. The normalized spacial score (nSPS) is 11.2. The molecule has 0 N–H and O–H groups in total. The molecular formula is C35H50O4. The van der Waals surface area contributed by atoms with Gasteiger partial charge in [-0.25, -0.2) is 0 Å². The minimum Gasteiger partial charge on any atom is -0.493 e. The summed E-state index contributed by atoms with van der Waals surface area (Å²) in [6, 6.07) is 15.0. The molecule has 3 rings (SSSR count). The first-order valence-corrected chi connectivity index (χ1v) is 15.7. The van der Waals surface area contributed by atoms with Gasteiger partial charge in [-0.15, -0.1) is 0 Å². The summed E-state index contributed by atoms with van der Waals surface area (Å²) in [5.41, 5.74) is 1.30. The second-order valence-corrected chi connectivity index (χ2v) is 10.8. The van der Waals surface area contributed by atoms with Gasteiger partial charge in [-0.1, -0.05) is 134 Å². The van der Waals surface area contributed by atoms with E-state index < -0.39 is 0 Å². The molecule has 4 nitrogen and oxygen atoms in total. The molecule has 4 heteroatoms. The van der Waals surface area contributed by atoms with Crippen molar-refractivity contribution < 1.29 is 13.9 Å². The molecule has 0 atom stereocenters. The van der Waals surface area contributed by atoms with Crippen molar-refractivity contribution in [1.29, 1.82) is 0 Å². The second-order valence-electron chi connectivity index (χ2n) is 10.8. The van der Waals surface area contributed by atoms with Crippen molar-refractivity contribution in [1.82, 2.24) is 0 Å². The zero-order valence-electron chi connectivity index (χ0n) is 24.5. The Labute approximate surface area is 236 Å². The lowest BCUT2D eigenvalue weighted by Gasteiger charge is -2.13. The van der Waals surface area contributed by atoms with E-state index in [1.807, 2.05) is 42.5 Å². The Bertz CT molecular complexity index is 1120. The summed E-state index contributed by atoms with van der Waals surface area (Å²) in [4.78, 5) is 13.2. The lowest BCUT2D eigenvalue weighted by molar-refractivity contribution is 0.291. The third kappa shape index (κ3) is 11.1. The molecule has 0 saturated heterocycles. The Morgan fingerprint density at radius 1 is 0.615 bits per heavy atom. The summed E-state index contributed by atoms with van der Waals surface area (Å²) >= 11 is 0. The number of hydrogen-bond acceptors (Lipinski definition) is 4. The molecule has 0 aliphatic heterocycles. The van der Waals surface area contributed by atoms with Crippen LogP contribution in [0.1, 0.15) is 117 Å². The van der Waals surface area contributed by atoms with Crippen LogP contribution in [-0.4, -0.2) is 13.2 Å². The van der Waals surface area contributed by atoms with E-state index in [4.69, 9.17) is 13.9 Å². The maximum Gasteiger partial charge on any atom is 0.197 e. The van der Waals surface area contributed by atoms with Gasteiger partial charge in [0.2, 0.25) is 0 Å². The van der Waals surface area contributed by atoms with Crippen molar-refractivity contribution in [3.63, 3.8) is 0 Å². The van der Waals surface area contributed by atoms with Gasteiger partial charge in [-0.2, -0.15) is 0 Å². The summed E-state index contributed by atoms with van der Waals surface area (Å²) in [6.07, 6.45) is 20.1. The predicted octanol–water partition coefficient (Wildman–Crippen LogP) is 10.5. The summed E-state index contributed by atoms with van der Waals surface area (Å²) in [5.74, 6) is 1.82. The Balaban J connectivity index is 1.60. The number of rotatable bonds is 21. The highest BCUT2D eigenvalue weighted by Crippen LogP contribution is 2.32. The average Bonchev–Trinajstić information content (AvgIpc) is 2.95. The summed E-state index contributed by atoms with van der Waals surface area (Å²) in [7, 11) is 0. The molecule has 0 amide bonds. The minimum absolute atomic E-state index is 0.0886. The quantitative estimate of drug-likeness (QED) is 0.128. The van der Waals surface area contributed by atoms with Crippen molar-refractivity contribution in [2.45, 2.75) is 117 Å². The van der Waals surface area contributed by atoms with Crippen LogP contribution in [0.25, 0.3) is 22.3 Å². The third-order valence-electron chi connectivity index (χ3n) is 7.35. The number of benzene rings is 2. The maximum atomic E-state index is 13.2. The molecule has 0 aliphatic rings. The molecule has 1 heterocycles. The van der Waals surface area contributed by atoms with Crippen molar-refractivity contribution in [3.05, 3.63) is 58.8 Å². The lowest BCUT2D eigenvalue weighted by atomic mass is 10.1. The van der Waals surface area contributed by atoms with Gasteiger partial charge in [-0.05, 0) is 12.8 Å². The van der Waals surface area contributed by atoms with E-state index in [2.05, 4.69) is 13.8 Å². The Morgan fingerprint density at radius 3 is 1.74 bits per heavy atom. The Kier molecular flexibility index (Phi) is 14.6. The first-order valence-electron chi connectivity index (χ1n) is 15.7. The van der Waals surface area contributed by atoms with Crippen molar-refractivity contribution in [2.24, 2.45) is 0 Å². The van der Waals surface area contributed by atoms with Gasteiger partial charge in [0.25, 0.3) is 0 Å². The highest BCUT2D eigenvalue weighted by Gasteiger charge is 2.15. The molecule has 0 saturated carbocycles. The van der Waals surface area contributed by atoms with E-state index in [0.717, 1.165) is 24.8 Å². The van der Waals surface area contributed by atoms with E-state index in [9.17, 15) is 4.79 Å². The monoisotopic (exact) mass is 534 g/mol. The van der Waals surface area contributed by atoms with Crippen LogP contribution in [-0.2, 0) is 0 Å². The van der Waals surface area contributed by atoms with Crippen LogP contribution >= 0.6 is 0 Å². The van der Waals surface area contributed by atoms with Crippen LogP contribution in [0, 0.1) is 0 Å². The van der Waals surface area contributed by atoms with E-state index >= 15 is 0 Å². The van der Waals surface area contributed by atoms with Gasteiger partial charge in [0.05, 0.1) is 13.2 Å². The molecule has 0 bridgehead atoms. The number of ether oxygens (including phenoxy) is 2. The van der Waals surface area contributed by atoms with Gasteiger partial charge < -0.3 is 13.9 Å². The fourth-order valence-corrected chi connectivity index (χ4v) is 5.01. The van der Waals surface area contributed by atoms with E-state index in [-0.39, 0.29) is 5.43 Å². The fraction of sp³-hybridized carbons (Fsp3) is 0.571. The second kappa shape index (κ2) is 18.5. The summed E-state index contributed by atoms with van der Waals surface area (Å²) in [6.45, 7) is 5.74. The van der Waals surface area contributed by atoms with E-state index in [1.165, 1.54) is 83.5 Å². The van der Waals surface area contributed by atoms with Crippen LogP contribution < -0.4 is 14.9 Å². The molecule has 0 spiro atoms. The highest BCUT2D eigenvalue weighted by molar-refractivity contribution is 5.86. The topological polar surface area (TPSA) is 48.7 Å². The zero-order valence-corrected chi connectivity index (χ0v) is 24.5. The molecule has 214 valence electrons. The van der Waals surface area contributed by atoms with Gasteiger partial charge in [0.1, 0.15) is 28.2 Å². The van der Waals surface area contributed by atoms with Crippen molar-refractivity contribution in [2.75, 3.05) is 13.2 Å². The summed E-state index contributed by atoms with van der Waals surface area (Å²) < 4.78 is 18.5. The van der Waals surface area contributed by atoms with Gasteiger partial charge in [0.15, 0.2) is 5.43 Å². The van der Waals surface area contributed by atoms with Gasteiger partial charge in [-0.3, -0.25) is 4.79 Å². The zero-order chi connectivity index (χ0) is 27.5. The summed E-state index contributed by atoms with van der Waals surface area (Å²) in [5, 5.41) is 0.493. The first-order chi connectivity index (χ1) is 19.2. The van der Waals surface area contributed by atoms with Crippen molar-refractivity contribution in [3.8, 4) is 22.8 Å². The SMILES string of the molecule is CCCCCCCCCCCCOc1cc(OCCCCCCCC)c2c(=O)cc(-c3ccccc3)oc2c1. The fourth-order valence-electron chi connectivity index (χ4n) is 5.01. The Morgan fingerprint density at radius 2 is 1.15 bits per heavy atom. The van der Waals surface area contributed by atoms with Gasteiger partial charge in [0, 0.05) is 23.8 Å².